The molecule has 0 radical (unpaired) electrons. The largest absolute Gasteiger partial charge is 0.507 e. The van der Waals surface area contributed by atoms with E-state index in [4.69, 9.17) is 4.42 Å². The van der Waals surface area contributed by atoms with Gasteiger partial charge in [0.15, 0.2) is 0 Å². The van der Waals surface area contributed by atoms with Crippen molar-refractivity contribution in [3.05, 3.63) is 74.5 Å². The average Bonchev–Trinajstić information content (AvgIpc) is 3.04. The second-order valence-corrected chi connectivity index (χ2v) is 9.07. The summed E-state index contributed by atoms with van der Waals surface area (Å²) in [6.45, 7) is 12.3. The molecule has 1 heterocycles. The number of hydrogen-bond acceptors (Lipinski definition) is 4. The smallest absolute Gasteiger partial charge is 0.204 e. The first-order valence-corrected chi connectivity index (χ1v) is 9.88. The zero-order chi connectivity index (χ0) is 20.9. The monoisotopic (exact) mass is 388 g/mol. The number of fused-ring (bicyclic) bond motifs is 5. The Morgan fingerprint density at radius 3 is 2.59 bits per heavy atom. The van der Waals surface area contributed by atoms with Crippen LogP contribution in [-0.4, -0.2) is 10.2 Å². The van der Waals surface area contributed by atoms with Crippen LogP contribution in [0.2, 0.25) is 0 Å². The third kappa shape index (κ3) is 1.95. The van der Waals surface area contributed by atoms with Crippen LogP contribution >= 0.6 is 0 Å². The topological polar surface area (TPSA) is 70.7 Å². The Labute approximate surface area is 168 Å². The molecule has 4 nitrogen and oxygen atoms in total. The molecular weight excluding hydrogens is 364 g/mol. The van der Waals surface area contributed by atoms with Crippen LogP contribution in [0.4, 0.5) is 0 Å². The van der Waals surface area contributed by atoms with Crippen LogP contribution in [0.5, 0.6) is 5.75 Å². The van der Waals surface area contributed by atoms with Gasteiger partial charge in [-0.15, -0.1) is 0 Å². The van der Waals surface area contributed by atoms with E-state index >= 15 is 0 Å². The van der Waals surface area contributed by atoms with Crippen molar-refractivity contribution in [2.45, 2.75) is 46.1 Å². The molecule has 0 spiro atoms. The summed E-state index contributed by atoms with van der Waals surface area (Å²) in [7, 11) is 0. The second kappa shape index (κ2) is 5.39. The maximum atomic E-state index is 13.4. The number of aliphatic hydroxyl groups is 1. The molecule has 1 aromatic heterocycles. The zero-order valence-corrected chi connectivity index (χ0v) is 17.1. The van der Waals surface area contributed by atoms with E-state index < -0.39 is 0 Å². The van der Waals surface area contributed by atoms with Crippen LogP contribution in [0.15, 0.2) is 51.2 Å². The van der Waals surface area contributed by atoms with Crippen molar-refractivity contribution in [2.24, 2.45) is 5.41 Å². The molecule has 0 aliphatic heterocycles. The van der Waals surface area contributed by atoms with Crippen molar-refractivity contribution in [3.8, 4) is 5.75 Å². The van der Waals surface area contributed by atoms with Gasteiger partial charge in [0.1, 0.15) is 22.3 Å². The average molecular weight is 388 g/mol. The number of aryl methyl sites for hydroxylation is 1. The molecule has 4 heteroatoms. The molecule has 5 rings (SSSR count). The van der Waals surface area contributed by atoms with Gasteiger partial charge in [-0.05, 0) is 53.3 Å². The Morgan fingerprint density at radius 2 is 1.90 bits per heavy atom. The summed E-state index contributed by atoms with van der Waals surface area (Å²) in [5.74, 6) is -0.0634. The molecule has 0 saturated carbocycles. The predicted octanol–water partition coefficient (Wildman–Crippen LogP) is 4.79. The highest BCUT2D eigenvalue weighted by atomic mass is 16.3. The third-order valence-corrected chi connectivity index (χ3v) is 7.64. The summed E-state index contributed by atoms with van der Waals surface area (Å²) < 4.78 is 6.11. The van der Waals surface area contributed by atoms with Gasteiger partial charge in [-0.2, -0.15) is 0 Å². The molecule has 3 aromatic rings. The van der Waals surface area contributed by atoms with Crippen molar-refractivity contribution in [1.82, 2.24) is 0 Å². The van der Waals surface area contributed by atoms with Gasteiger partial charge in [-0.25, -0.2) is 0 Å². The summed E-state index contributed by atoms with van der Waals surface area (Å²) in [5, 5.41) is 21.3. The first kappa shape index (κ1) is 18.2. The fourth-order valence-electron chi connectivity index (χ4n) is 5.31. The fraction of sp³-hybridized carbons (Fsp3) is 0.320. The lowest BCUT2D eigenvalue weighted by molar-refractivity contribution is 0.281. The number of hydrogen-bond donors (Lipinski definition) is 2. The maximum Gasteiger partial charge on any atom is 0.204 e. The van der Waals surface area contributed by atoms with Gasteiger partial charge >= 0.3 is 0 Å². The molecule has 2 aliphatic carbocycles. The molecule has 0 fully saturated rings. The second-order valence-electron chi connectivity index (χ2n) is 9.07. The molecule has 29 heavy (non-hydrogen) atoms. The standard InChI is InChI=1S/C25H24O4/c1-12-6-7-18-21(22(12)27)23(28)20-16(11-26)15-9-14-8-13(2)24(3,4)25(14,5)17(15)10-19(20)29-18/h6-8,10,26-27H,2,9,11H2,1,3-5H3/t25-/m0/s1. The van der Waals surface area contributed by atoms with Crippen LogP contribution in [0, 0.1) is 12.3 Å². The number of phenols is 1. The molecule has 0 unspecified atom stereocenters. The lowest BCUT2D eigenvalue weighted by atomic mass is 9.63. The third-order valence-electron chi connectivity index (χ3n) is 7.64. The van der Waals surface area contributed by atoms with E-state index in [2.05, 4.69) is 33.4 Å². The SMILES string of the molecule is C=C1C=C2Cc3c(cc4oc5ccc(C)c(O)c5c(=O)c4c3CO)[C@@]2(C)C1(C)C. The number of aromatic hydroxyl groups is 1. The summed E-state index contributed by atoms with van der Waals surface area (Å²) >= 11 is 0. The van der Waals surface area contributed by atoms with E-state index in [0.717, 1.165) is 16.7 Å². The molecule has 0 amide bonds. The summed E-state index contributed by atoms with van der Waals surface area (Å²) in [4.78, 5) is 13.4. The number of aliphatic hydroxyl groups excluding tert-OH is 1. The molecule has 0 saturated heterocycles. The van der Waals surface area contributed by atoms with Gasteiger partial charge in [0.25, 0.3) is 0 Å². The van der Waals surface area contributed by atoms with E-state index in [9.17, 15) is 15.0 Å². The molecule has 148 valence electrons. The van der Waals surface area contributed by atoms with Crippen LogP contribution in [-0.2, 0) is 18.4 Å². The summed E-state index contributed by atoms with van der Waals surface area (Å²) in [5.41, 5.74) is 5.70. The molecule has 2 aromatic carbocycles. The normalized spacial score (nSPS) is 22.2. The molecule has 0 bridgehead atoms. The molecule has 2 aliphatic rings. The van der Waals surface area contributed by atoms with Gasteiger partial charge in [0.05, 0.1) is 12.0 Å². The summed E-state index contributed by atoms with van der Waals surface area (Å²) in [6, 6.07) is 5.41. The van der Waals surface area contributed by atoms with E-state index in [-0.39, 0.29) is 34.0 Å². The Kier molecular flexibility index (Phi) is 3.38. The first-order chi connectivity index (χ1) is 13.6. The van der Waals surface area contributed by atoms with Gasteiger partial charge in [0, 0.05) is 10.8 Å². The van der Waals surface area contributed by atoms with E-state index in [1.54, 1.807) is 19.1 Å². The van der Waals surface area contributed by atoms with Crippen LogP contribution in [0.3, 0.4) is 0 Å². The minimum absolute atomic E-state index is 0.0634. The van der Waals surface area contributed by atoms with Crippen molar-refractivity contribution >= 4 is 21.9 Å². The molecular formula is C25H24O4. The Hall–Kier alpha value is -2.85. The minimum atomic E-state index is -0.297. The van der Waals surface area contributed by atoms with E-state index in [1.165, 1.54) is 5.57 Å². The highest BCUT2D eigenvalue weighted by Gasteiger charge is 2.54. The number of allylic oxidation sites excluding steroid dienone is 3. The van der Waals surface area contributed by atoms with Gasteiger partial charge in [-0.1, -0.05) is 45.1 Å². The van der Waals surface area contributed by atoms with E-state index in [0.29, 0.717) is 34.1 Å². The van der Waals surface area contributed by atoms with Crippen LogP contribution in [0.1, 0.15) is 43.0 Å². The minimum Gasteiger partial charge on any atom is -0.507 e. The highest BCUT2D eigenvalue weighted by molar-refractivity contribution is 5.96. The predicted molar refractivity (Wildman–Crippen MR) is 114 cm³/mol. The van der Waals surface area contributed by atoms with Crippen molar-refractivity contribution in [1.29, 1.82) is 0 Å². The van der Waals surface area contributed by atoms with Gasteiger partial charge < -0.3 is 14.6 Å². The highest BCUT2D eigenvalue weighted by Crippen LogP contribution is 2.61. The maximum absolute atomic E-state index is 13.4. The van der Waals surface area contributed by atoms with Crippen molar-refractivity contribution in [2.75, 3.05) is 0 Å². The number of phenolic OH excluding ortho intramolecular Hbond substituents is 1. The number of rotatable bonds is 1. The Morgan fingerprint density at radius 1 is 1.17 bits per heavy atom. The van der Waals surface area contributed by atoms with Gasteiger partial charge in [0.2, 0.25) is 5.43 Å². The Balaban J connectivity index is 1.96. The lowest BCUT2D eigenvalue weighted by Gasteiger charge is -2.39. The Bertz CT molecular complexity index is 1350. The summed E-state index contributed by atoms with van der Waals surface area (Å²) in [6.07, 6.45) is 2.84. The molecule has 2 N–H and O–H groups in total. The van der Waals surface area contributed by atoms with Crippen molar-refractivity contribution < 1.29 is 14.6 Å². The first-order valence-electron chi connectivity index (χ1n) is 9.88. The lowest BCUT2D eigenvalue weighted by Crippen LogP contribution is -2.35. The zero-order valence-electron chi connectivity index (χ0n) is 17.1. The number of benzene rings is 2. The van der Waals surface area contributed by atoms with Crippen molar-refractivity contribution in [3.63, 3.8) is 0 Å². The van der Waals surface area contributed by atoms with E-state index in [1.807, 2.05) is 6.07 Å². The fourth-order valence-corrected chi connectivity index (χ4v) is 5.31. The van der Waals surface area contributed by atoms with Crippen LogP contribution in [0.25, 0.3) is 21.9 Å². The quantitative estimate of drug-likeness (QED) is 0.588. The van der Waals surface area contributed by atoms with Gasteiger partial charge in [-0.3, -0.25) is 4.79 Å². The molecule has 1 atom stereocenters. The van der Waals surface area contributed by atoms with Crippen LogP contribution < -0.4 is 5.43 Å².